The highest BCUT2D eigenvalue weighted by atomic mass is 32.1. The van der Waals surface area contributed by atoms with Crippen molar-refractivity contribution >= 4 is 17.2 Å². The Hall–Kier alpha value is -0.150. The first-order valence-corrected chi connectivity index (χ1v) is 5.36. The van der Waals surface area contributed by atoms with Crippen molar-refractivity contribution in [3.05, 3.63) is 0 Å². The van der Waals surface area contributed by atoms with Crippen LogP contribution >= 0.6 is 12.2 Å². The Bertz CT molecular complexity index is 155. The molecular weight excluding hydrogens is 180 g/mol. The standard InChI is InChI=1S/C10H22N2S/c1-8(2)5-6-12(9(3)4)7-10(11)13/h8-9H,5-7H2,1-4H3,(H2,11,13). The summed E-state index contributed by atoms with van der Waals surface area (Å²) in [6.45, 7) is 10.7. The third-order valence-electron chi connectivity index (χ3n) is 2.08. The van der Waals surface area contributed by atoms with Gasteiger partial charge in [0, 0.05) is 12.6 Å². The summed E-state index contributed by atoms with van der Waals surface area (Å²) in [6.07, 6.45) is 1.21. The molecule has 0 aromatic carbocycles. The predicted octanol–water partition coefficient (Wildman–Crippen LogP) is 2.03. The summed E-state index contributed by atoms with van der Waals surface area (Å²) >= 11 is 4.91. The van der Waals surface area contributed by atoms with E-state index in [4.69, 9.17) is 18.0 Å². The van der Waals surface area contributed by atoms with Crippen molar-refractivity contribution in [2.45, 2.75) is 40.2 Å². The van der Waals surface area contributed by atoms with Gasteiger partial charge in [-0.15, -0.1) is 0 Å². The van der Waals surface area contributed by atoms with Crippen LogP contribution in [0.2, 0.25) is 0 Å². The molecule has 0 aliphatic carbocycles. The molecule has 0 radical (unpaired) electrons. The molecule has 0 aliphatic rings. The minimum Gasteiger partial charge on any atom is -0.392 e. The molecule has 0 spiro atoms. The van der Waals surface area contributed by atoms with Crippen molar-refractivity contribution in [2.24, 2.45) is 11.7 Å². The van der Waals surface area contributed by atoms with E-state index in [1.54, 1.807) is 0 Å². The Morgan fingerprint density at radius 1 is 1.31 bits per heavy atom. The van der Waals surface area contributed by atoms with Gasteiger partial charge in [0.25, 0.3) is 0 Å². The van der Waals surface area contributed by atoms with Gasteiger partial charge in [-0.1, -0.05) is 26.1 Å². The first-order chi connectivity index (χ1) is 5.93. The Morgan fingerprint density at radius 3 is 2.15 bits per heavy atom. The summed E-state index contributed by atoms with van der Waals surface area (Å²) in [5, 5.41) is 0. The maximum absolute atomic E-state index is 5.53. The molecule has 0 bridgehead atoms. The summed E-state index contributed by atoms with van der Waals surface area (Å²) in [6, 6.07) is 0.528. The van der Waals surface area contributed by atoms with E-state index in [9.17, 15) is 0 Å². The van der Waals surface area contributed by atoms with Gasteiger partial charge in [0.05, 0.1) is 4.99 Å². The van der Waals surface area contributed by atoms with E-state index >= 15 is 0 Å². The number of thiocarbonyl (C=S) groups is 1. The Labute approximate surface area is 87.5 Å². The van der Waals surface area contributed by atoms with Crippen LogP contribution in [-0.4, -0.2) is 29.0 Å². The van der Waals surface area contributed by atoms with Crippen molar-refractivity contribution in [1.29, 1.82) is 0 Å². The quantitative estimate of drug-likeness (QED) is 0.668. The van der Waals surface area contributed by atoms with Gasteiger partial charge in [0.2, 0.25) is 0 Å². The molecule has 2 nitrogen and oxygen atoms in total. The summed E-state index contributed by atoms with van der Waals surface area (Å²) in [7, 11) is 0. The molecule has 0 fully saturated rings. The van der Waals surface area contributed by atoms with Gasteiger partial charge in [0.1, 0.15) is 0 Å². The molecule has 0 heterocycles. The smallest absolute Gasteiger partial charge is 0.0870 e. The van der Waals surface area contributed by atoms with E-state index in [0.29, 0.717) is 11.0 Å². The second-order valence-electron chi connectivity index (χ2n) is 4.21. The molecule has 0 unspecified atom stereocenters. The van der Waals surface area contributed by atoms with Crippen LogP contribution in [0, 0.1) is 5.92 Å². The van der Waals surface area contributed by atoms with Gasteiger partial charge in [-0.3, -0.25) is 4.90 Å². The first-order valence-electron chi connectivity index (χ1n) is 4.95. The van der Waals surface area contributed by atoms with E-state index in [1.165, 1.54) is 6.42 Å². The van der Waals surface area contributed by atoms with E-state index in [-0.39, 0.29) is 0 Å². The Morgan fingerprint density at radius 2 is 1.85 bits per heavy atom. The summed E-state index contributed by atoms with van der Waals surface area (Å²) in [5.74, 6) is 0.743. The predicted molar refractivity (Wildman–Crippen MR) is 62.9 cm³/mol. The van der Waals surface area contributed by atoms with Gasteiger partial charge in [0.15, 0.2) is 0 Å². The van der Waals surface area contributed by atoms with Crippen LogP contribution in [-0.2, 0) is 0 Å². The number of nitrogens with two attached hydrogens (primary N) is 1. The van der Waals surface area contributed by atoms with Crippen LogP contribution in [0.4, 0.5) is 0 Å². The normalized spacial score (nSPS) is 11.6. The third-order valence-corrected chi connectivity index (χ3v) is 2.21. The van der Waals surface area contributed by atoms with Gasteiger partial charge in [-0.05, 0) is 32.7 Å². The zero-order valence-corrected chi connectivity index (χ0v) is 10.0. The lowest BCUT2D eigenvalue weighted by Crippen LogP contribution is -2.38. The molecule has 3 heteroatoms. The van der Waals surface area contributed by atoms with Crippen molar-refractivity contribution in [3.63, 3.8) is 0 Å². The third kappa shape index (κ3) is 6.96. The molecule has 0 amide bonds. The van der Waals surface area contributed by atoms with E-state index in [0.717, 1.165) is 19.0 Å². The van der Waals surface area contributed by atoms with E-state index in [1.807, 2.05) is 0 Å². The number of rotatable bonds is 6. The van der Waals surface area contributed by atoms with Crippen molar-refractivity contribution in [2.75, 3.05) is 13.1 Å². The van der Waals surface area contributed by atoms with Crippen molar-refractivity contribution in [1.82, 2.24) is 4.90 Å². The van der Waals surface area contributed by atoms with Crippen molar-refractivity contribution < 1.29 is 0 Å². The monoisotopic (exact) mass is 202 g/mol. The summed E-state index contributed by atoms with van der Waals surface area (Å²) in [5.41, 5.74) is 5.53. The zero-order valence-electron chi connectivity index (χ0n) is 9.21. The van der Waals surface area contributed by atoms with Crippen LogP contribution in [0.5, 0.6) is 0 Å². The average molecular weight is 202 g/mol. The molecule has 0 saturated heterocycles. The largest absolute Gasteiger partial charge is 0.392 e. The van der Waals surface area contributed by atoms with Crippen molar-refractivity contribution in [3.8, 4) is 0 Å². The molecule has 78 valence electrons. The minimum absolute atomic E-state index is 0.528. The molecular formula is C10H22N2S. The SMILES string of the molecule is CC(C)CCN(CC(N)=S)C(C)C. The Kier molecular flexibility index (Phi) is 6.25. The second-order valence-corrected chi connectivity index (χ2v) is 4.74. The fourth-order valence-electron chi connectivity index (χ4n) is 1.14. The lowest BCUT2D eigenvalue weighted by atomic mass is 10.1. The van der Waals surface area contributed by atoms with Crippen LogP contribution in [0.3, 0.4) is 0 Å². The molecule has 0 aromatic rings. The lowest BCUT2D eigenvalue weighted by Gasteiger charge is -2.26. The molecule has 0 aliphatic heterocycles. The maximum atomic E-state index is 5.53. The van der Waals surface area contributed by atoms with Gasteiger partial charge >= 0.3 is 0 Å². The van der Waals surface area contributed by atoms with Gasteiger partial charge in [-0.25, -0.2) is 0 Å². The lowest BCUT2D eigenvalue weighted by molar-refractivity contribution is 0.239. The van der Waals surface area contributed by atoms with Gasteiger partial charge < -0.3 is 5.73 Å². The summed E-state index contributed by atoms with van der Waals surface area (Å²) in [4.78, 5) is 2.92. The van der Waals surface area contributed by atoms with Gasteiger partial charge in [-0.2, -0.15) is 0 Å². The fraction of sp³-hybridized carbons (Fsp3) is 0.900. The van der Waals surface area contributed by atoms with E-state index in [2.05, 4.69) is 32.6 Å². The maximum Gasteiger partial charge on any atom is 0.0870 e. The first kappa shape index (κ1) is 12.8. The minimum atomic E-state index is 0.528. The fourth-order valence-corrected chi connectivity index (χ4v) is 1.31. The van der Waals surface area contributed by atoms with Crippen LogP contribution in [0.15, 0.2) is 0 Å². The molecule has 0 atom stereocenters. The molecule has 2 N–H and O–H groups in total. The topological polar surface area (TPSA) is 29.3 Å². The van der Waals surface area contributed by atoms with E-state index < -0.39 is 0 Å². The highest BCUT2D eigenvalue weighted by Crippen LogP contribution is 2.05. The second kappa shape index (κ2) is 6.33. The molecule has 13 heavy (non-hydrogen) atoms. The average Bonchev–Trinajstić information content (AvgIpc) is 1.96. The Balaban J connectivity index is 3.88. The van der Waals surface area contributed by atoms with Crippen LogP contribution in [0.25, 0.3) is 0 Å². The summed E-state index contributed by atoms with van der Waals surface area (Å²) < 4.78 is 0. The number of hydrogen-bond acceptors (Lipinski definition) is 2. The van der Waals surface area contributed by atoms with Crippen LogP contribution in [0.1, 0.15) is 34.1 Å². The number of hydrogen-bond donors (Lipinski definition) is 1. The molecule has 0 rings (SSSR count). The number of nitrogens with zero attached hydrogens (tertiary/aromatic N) is 1. The van der Waals surface area contributed by atoms with Crippen LogP contribution < -0.4 is 5.73 Å². The zero-order chi connectivity index (χ0) is 10.4. The molecule has 0 saturated carbocycles. The highest BCUT2D eigenvalue weighted by Gasteiger charge is 2.10. The highest BCUT2D eigenvalue weighted by molar-refractivity contribution is 7.80. The molecule has 0 aromatic heterocycles.